The molecule has 0 bridgehead atoms. The highest BCUT2D eigenvalue weighted by Crippen LogP contribution is 2.12. The fourth-order valence-electron chi connectivity index (χ4n) is 1.32. The molecule has 0 aliphatic carbocycles. The second kappa shape index (κ2) is 4.14. The number of nitrogens with two attached hydrogens (primary N) is 1. The summed E-state index contributed by atoms with van der Waals surface area (Å²) in [7, 11) is 0. The Hall–Kier alpha value is -0.990. The van der Waals surface area contributed by atoms with Crippen molar-refractivity contribution in [3.63, 3.8) is 0 Å². The summed E-state index contributed by atoms with van der Waals surface area (Å²) in [5.41, 5.74) is 5.65. The number of anilines is 1. The number of rotatable bonds is 4. The van der Waals surface area contributed by atoms with Crippen molar-refractivity contribution in [3.05, 3.63) is 12.4 Å². The summed E-state index contributed by atoms with van der Waals surface area (Å²) >= 11 is 0. The standard InChI is InChI=1S/C9H17N3/c1-3-8(4-2)7-12-6-5-11-9(12)10/h5-6,8H,3-4,7H2,1-2H3,(H2,10,11). The molecule has 3 heteroatoms. The van der Waals surface area contributed by atoms with E-state index in [1.165, 1.54) is 12.8 Å². The molecule has 1 rings (SSSR count). The number of hydrogen-bond acceptors (Lipinski definition) is 2. The van der Waals surface area contributed by atoms with E-state index in [1.54, 1.807) is 6.20 Å². The normalized spacial score (nSPS) is 10.9. The van der Waals surface area contributed by atoms with Crippen molar-refractivity contribution in [2.75, 3.05) is 5.73 Å². The second-order valence-corrected chi connectivity index (χ2v) is 3.12. The van der Waals surface area contributed by atoms with Crippen molar-refractivity contribution < 1.29 is 0 Å². The number of nitrogen functional groups attached to an aromatic ring is 1. The summed E-state index contributed by atoms with van der Waals surface area (Å²) < 4.78 is 2.01. The zero-order valence-electron chi connectivity index (χ0n) is 7.83. The van der Waals surface area contributed by atoms with Crippen molar-refractivity contribution >= 4 is 5.95 Å². The summed E-state index contributed by atoms with van der Waals surface area (Å²) in [6.07, 6.45) is 6.09. The van der Waals surface area contributed by atoms with Crippen LogP contribution in [0.5, 0.6) is 0 Å². The third kappa shape index (κ3) is 2.00. The van der Waals surface area contributed by atoms with Gasteiger partial charge in [-0.05, 0) is 5.92 Å². The Labute approximate surface area is 73.6 Å². The van der Waals surface area contributed by atoms with E-state index >= 15 is 0 Å². The lowest BCUT2D eigenvalue weighted by Crippen LogP contribution is -2.10. The van der Waals surface area contributed by atoms with Crippen LogP contribution in [0.3, 0.4) is 0 Å². The number of imidazole rings is 1. The molecule has 0 amide bonds. The Bertz CT molecular complexity index is 225. The Morgan fingerprint density at radius 3 is 2.58 bits per heavy atom. The van der Waals surface area contributed by atoms with Gasteiger partial charge in [-0.1, -0.05) is 26.7 Å². The molecule has 1 aromatic rings. The second-order valence-electron chi connectivity index (χ2n) is 3.12. The van der Waals surface area contributed by atoms with Gasteiger partial charge in [0.1, 0.15) is 0 Å². The van der Waals surface area contributed by atoms with Crippen molar-refractivity contribution in [1.29, 1.82) is 0 Å². The minimum atomic E-state index is 0.627. The highest BCUT2D eigenvalue weighted by atomic mass is 15.1. The van der Waals surface area contributed by atoms with Gasteiger partial charge in [-0.25, -0.2) is 4.98 Å². The SMILES string of the molecule is CCC(CC)Cn1ccnc1N. The first-order valence-electron chi connectivity index (χ1n) is 4.54. The van der Waals surface area contributed by atoms with Gasteiger partial charge in [0.2, 0.25) is 0 Å². The lowest BCUT2D eigenvalue weighted by molar-refractivity contribution is 0.421. The van der Waals surface area contributed by atoms with Crippen LogP contribution in [0, 0.1) is 5.92 Å². The minimum absolute atomic E-state index is 0.627. The summed E-state index contributed by atoms with van der Waals surface area (Å²) in [6, 6.07) is 0. The minimum Gasteiger partial charge on any atom is -0.369 e. The van der Waals surface area contributed by atoms with E-state index in [1.807, 2.05) is 10.8 Å². The predicted octanol–water partition coefficient (Wildman–Crippen LogP) is 1.90. The molecule has 0 unspecified atom stereocenters. The van der Waals surface area contributed by atoms with Gasteiger partial charge in [0, 0.05) is 18.9 Å². The quantitative estimate of drug-likeness (QED) is 0.744. The summed E-state index contributed by atoms with van der Waals surface area (Å²) in [5.74, 6) is 1.35. The van der Waals surface area contributed by atoms with Gasteiger partial charge in [0.25, 0.3) is 0 Å². The van der Waals surface area contributed by atoms with E-state index in [2.05, 4.69) is 18.8 Å². The molecule has 0 aromatic carbocycles. The first kappa shape index (κ1) is 9.10. The van der Waals surface area contributed by atoms with E-state index in [0.29, 0.717) is 5.95 Å². The molecule has 0 spiro atoms. The third-order valence-electron chi connectivity index (χ3n) is 2.36. The van der Waals surface area contributed by atoms with Crippen LogP contribution < -0.4 is 5.73 Å². The third-order valence-corrected chi connectivity index (χ3v) is 2.36. The zero-order chi connectivity index (χ0) is 8.97. The van der Waals surface area contributed by atoms with E-state index in [9.17, 15) is 0 Å². The molecule has 3 nitrogen and oxygen atoms in total. The fourth-order valence-corrected chi connectivity index (χ4v) is 1.32. The summed E-state index contributed by atoms with van der Waals surface area (Å²) in [6.45, 7) is 5.42. The maximum absolute atomic E-state index is 5.65. The highest BCUT2D eigenvalue weighted by Gasteiger charge is 2.05. The summed E-state index contributed by atoms with van der Waals surface area (Å²) in [5, 5.41) is 0. The van der Waals surface area contributed by atoms with Crippen LogP contribution in [-0.4, -0.2) is 9.55 Å². The molecule has 0 radical (unpaired) electrons. The fraction of sp³-hybridized carbons (Fsp3) is 0.667. The van der Waals surface area contributed by atoms with Gasteiger partial charge in [0.05, 0.1) is 0 Å². The molecule has 12 heavy (non-hydrogen) atoms. The van der Waals surface area contributed by atoms with Gasteiger partial charge in [0.15, 0.2) is 5.95 Å². The van der Waals surface area contributed by atoms with Crippen molar-refractivity contribution in [2.24, 2.45) is 5.92 Å². The van der Waals surface area contributed by atoms with Gasteiger partial charge in [-0.3, -0.25) is 0 Å². The Balaban J connectivity index is 2.56. The number of hydrogen-bond donors (Lipinski definition) is 1. The van der Waals surface area contributed by atoms with Crippen molar-refractivity contribution in [2.45, 2.75) is 33.2 Å². The van der Waals surface area contributed by atoms with Gasteiger partial charge >= 0.3 is 0 Å². The summed E-state index contributed by atoms with van der Waals surface area (Å²) in [4.78, 5) is 3.98. The maximum Gasteiger partial charge on any atom is 0.200 e. The average Bonchev–Trinajstić information content (AvgIpc) is 2.47. The smallest absolute Gasteiger partial charge is 0.200 e. The van der Waals surface area contributed by atoms with Crippen molar-refractivity contribution in [3.8, 4) is 0 Å². The largest absolute Gasteiger partial charge is 0.369 e. The van der Waals surface area contributed by atoms with Crippen LogP contribution in [0.1, 0.15) is 26.7 Å². The Morgan fingerprint density at radius 1 is 1.50 bits per heavy atom. The maximum atomic E-state index is 5.65. The van der Waals surface area contributed by atoms with Crippen molar-refractivity contribution in [1.82, 2.24) is 9.55 Å². The Kier molecular flexibility index (Phi) is 3.14. The zero-order valence-corrected chi connectivity index (χ0v) is 7.83. The molecule has 0 aliphatic heterocycles. The topological polar surface area (TPSA) is 43.8 Å². The van der Waals surface area contributed by atoms with Crippen LogP contribution in [0.4, 0.5) is 5.95 Å². The van der Waals surface area contributed by atoms with Gasteiger partial charge in [-0.2, -0.15) is 0 Å². The van der Waals surface area contributed by atoms with E-state index in [4.69, 9.17) is 5.73 Å². The van der Waals surface area contributed by atoms with E-state index < -0.39 is 0 Å². The number of nitrogens with zero attached hydrogens (tertiary/aromatic N) is 2. The monoisotopic (exact) mass is 167 g/mol. The van der Waals surface area contributed by atoms with Crippen LogP contribution in [0.2, 0.25) is 0 Å². The molecule has 68 valence electrons. The molecule has 0 saturated heterocycles. The number of aromatic nitrogens is 2. The van der Waals surface area contributed by atoms with Crippen LogP contribution in [0.25, 0.3) is 0 Å². The van der Waals surface area contributed by atoms with E-state index in [-0.39, 0.29) is 0 Å². The molecule has 1 aromatic heterocycles. The first-order chi connectivity index (χ1) is 5.77. The lowest BCUT2D eigenvalue weighted by atomic mass is 10.0. The molecule has 0 saturated carbocycles. The molecular formula is C9H17N3. The van der Waals surface area contributed by atoms with E-state index in [0.717, 1.165) is 12.5 Å². The van der Waals surface area contributed by atoms with Crippen LogP contribution in [0.15, 0.2) is 12.4 Å². The van der Waals surface area contributed by atoms with Gasteiger partial charge in [-0.15, -0.1) is 0 Å². The lowest BCUT2D eigenvalue weighted by Gasteiger charge is -2.13. The van der Waals surface area contributed by atoms with Gasteiger partial charge < -0.3 is 10.3 Å². The highest BCUT2D eigenvalue weighted by molar-refractivity contribution is 5.16. The molecule has 0 aliphatic rings. The molecule has 1 heterocycles. The molecule has 2 N–H and O–H groups in total. The van der Waals surface area contributed by atoms with Crippen LogP contribution in [-0.2, 0) is 6.54 Å². The average molecular weight is 167 g/mol. The molecule has 0 fully saturated rings. The first-order valence-corrected chi connectivity index (χ1v) is 4.54. The molecular weight excluding hydrogens is 150 g/mol. The predicted molar refractivity (Wildman–Crippen MR) is 50.7 cm³/mol. The Morgan fingerprint density at radius 2 is 2.17 bits per heavy atom. The molecule has 0 atom stereocenters. The van der Waals surface area contributed by atoms with Crippen LogP contribution >= 0.6 is 0 Å².